The average molecular weight is 283 g/mol. The van der Waals surface area contributed by atoms with E-state index in [2.05, 4.69) is 34.2 Å². The highest BCUT2D eigenvalue weighted by Gasteiger charge is 2.07. The van der Waals surface area contributed by atoms with Crippen LogP contribution in [0.2, 0.25) is 0 Å². The van der Waals surface area contributed by atoms with Crippen LogP contribution in [0.5, 0.6) is 5.75 Å². The second-order valence-corrected chi connectivity index (χ2v) is 4.33. The zero-order valence-corrected chi connectivity index (χ0v) is 11.0. The third kappa shape index (κ3) is 3.51. The minimum atomic E-state index is 0.232. The summed E-state index contributed by atoms with van der Waals surface area (Å²) in [6.45, 7) is 2.78. The first-order valence-electron chi connectivity index (χ1n) is 5.12. The molecule has 0 aliphatic carbocycles. The van der Waals surface area contributed by atoms with Crippen molar-refractivity contribution in [2.45, 2.75) is 19.4 Å². The molecule has 0 aliphatic rings. The van der Waals surface area contributed by atoms with Gasteiger partial charge in [0.25, 0.3) is 0 Å². The number of nitrogens with one attached hydrogen (secondary N) is 1. The van der Waals surface area contributed by atoms with Gasteiger partial charge in [-0.3, -0.25) is 0 Å². The van der Waals surface area contributed by atoms with Crippen LogP contribution < -0.4 is 10.1 Å². The van der Waals surface area contributed by atoms with Crippen molar-refractivity contribution in [3.05, 3.63) is 28.2 Å². The molecule has 0 fully saturated rings. The molecular weight excluding hydrogens is 268 g/mol. The van der Waals surface area contributed by atoms with E-state index in [-0.39, 0.29) is 6.04 Å². The number of nitriles is 1. The van der Waals surface area contributed by atoms with Crippen molar-refractivity contribution in [2.75, 3.05) is 13.7 Å². The normalized spacial score (nSPS) is 11.9. The van der Waals surface area contributed by atoms with Crippen LogP contribution in [0.3, 0.4) is 0 Å². The molecule has 0 amide bonds. The Balaban J connectivity index is 2.66. The standard InChI is InChI=1S/C12H15BrN2O/c1-9(15-7-3-6-14)10-4-5-12(16-2)11(13)8-10/h4-5,8-9,15H,3,7H2,1-2H3. The third-order valence-corrected chi connectivity index (χ3v) is 2.98. The summed E-state index contributed by atoms with van der Waals surface area (Å²) in [6, 6.07) is 8.33. The number of hydrogen-bond acceptors (Lipinski definition) is 3. The van der Waals surface area contributed by atoms with Crippen molar-refractivity contribution in [3.63, 3.8) is 0 Å². The zero-order valence-electron chi connectivity index (χ0n) is 9.46. The second kappa shape index (κ2) is 6.51. The topological polar surface area (TPSA) is 45.0 Å². The number of benzene rings is 1. The van der Waals surface area contributed by atoms with Crippen LogP contribution >= 0.6 is 15.9 Å². The van der Waals surface area contributed by atoms with Gasteiger partial charge in [-0.15, -0.1) is 0 Å². The lowest BCUT2D eigenvalue weighted by Crippen LogP contribution is -2.19. The molecule has 0 heterocycles. The Hall–Kier alpha value is -1.05. The summed E-state index contributed by atoms with van der Waals surface area (Å²) in [6.07, 6.45) is 0.529. The van der Waals surface area contributed by atoms with Gasteiger partial charge in [-0.25, -0.2) is 0 Å². The quantitative estimate of drug-likeness (QED) is 0.845. The molecule has 1 aromatic rings. The van der Waals surface area contributed by atoms with Gasteiger partial charge in [0, 0.05) is 19.0 Å². The van der Waals surface area contributed by atoms with Crippen molar-refractivity contribution < 1.29 is 4.74 Å². The molecule has 1 atom stereocenters. The van der Waals surface area contributed by atoms with Gasteiger partial charge in [-0.2, -0.15) is 5.26 Å². The molecule has 0 spiro atoms. The van der Waals surface area contributed by atoms with Gasteiger partial charge in [0.1, 0.15) is 5.75 Å². The Bertz CT molecular complexity index is 387. The van der Waals surface area contributed by atoms with E-state index in [1.807, 2.05) is 18.2 Å². The molecule has 0 saturated carbocycles. The molecule has 1 N–H and O–H groups in total. The molecule has 1 unspecified atom stereocenters. The molecule has 3 nitrogen and oxygen atoms in total. The minimum absolute atomic E-state index is 0.232. The highest BCUT2D eigenvalue weighted by molar-refractivity contribution is 9.10. The van der Waals surface area contributed by atoms with E-state index in [0.717, 1.165) is 10.2 Å². The number of halogens is 1. The molecule has 16 heavy (non-hydrogen) atoms. The van der Waals surface area contributed by atoms with Gasteiger partial charge in [0.2, 0.25) is 0 Å². The van der Waals surface area contributed by atoms with Gasteiger partial charge in [0.15, 0.2) is 0 Å². The van der Waals surface area contributed by atoms with Gasteiger partial charge < -0.3 is 10.1 Å². The molecule has 4 heteroatoms. The van der Waals surface area contributed by atoms with Gasteiger partial charge in [-0.05, 0) is 40.5 Å². The van der Waals surface area contributed by atoms with Crippen LogP contribution in [0.1, 0.15) is 24.9 Å². The minimum Gasteiger partial charge on any atom is -0.496 e. The van der Waals surface area contributed by atoms with Crippen molar-refractivity contribution in [2.24, 2.45) is 0 Å². The van der Waals surface area contributed by atoms with E-state index >= 15 is 0 Å². The molecule has 0 bridgehead atoms. The first-order valence-corrected chi connectivity index (χ1v) is 5.92. The van der Waals surface area contributed by atoms with Crippen molar-refractivity contribution in [1.82, 2.24) is 5.32 Å². The van der Waals surface area contributed by atoms with Crippen LogP contribution in [0.15, 0.2) is 22.7 Å². The van der Waals surface area contributed by atoms with Crippen molar-refractivity contribution in [3.8, 4) is 11.8 Å². The monoisotopic (exact) mass is 282 g/mol. The fourth-order valence-electron chi connectivity index (χ4n) is 1.41. The number of methoxy groups -OCH3 is 1. The summed E-state index contributed by atoms with van der Waals surface area (Å²) in [4.78, 5) is 0. The number of nitrogens with zero attached hydrogens (tertiary/aromatic N) is 1. The maximum Gasteiger partial charge on any atom is 0.133 e. The van der Waals surface area contributed by atoms with E-state index in [4.69, 9.17) is 10.00 Å². The average Bonchev–Trinajstić information content (AvgIpc) is 2.29. The summed E-state index contributed by atoms with van der Waals surface area (Å²) in [5, 5.41) is 11.7. The SMILES string of the molecule is COc1ccc(C(C)NCCC#N)cc1Br. The maximum atomic E-state index is 8.45. The first kappa shape index (κ1) is 13.0. The van der Waals surface area contributed by atoms with E-state index in [9.17, 15) is 0 Å². The smallest absolute Gasteiger partial charge is 0.133 e. The van der Waals surface area contributed by atoms with E-state index in [1.54, 1.807) is 7.11 Å². The van der Waals surface area contributed by atoms with Crippen LogP contribution in [-0.4, -0.2) is 13.7 Å². The largest absolute Gasteiger partial charge is 0.496 e. The van der Waals surface area contributed by atoms with E-state index in [0.29, 0.717) is 13.0 Å². The lowest BCUT2D eigenvalue weighted by atomic mass is 10.1. The summed E-state index contributed by atoms with van der Waals surface area (Å²) in [5.74, 6) is 0.827. The van der Waals surface area contributed by atoms with Gasteiger partial charge in [0.05, 0.1) is 17.7 Å². The first-order chi connectivity index (χ1) is 7.69. The Morgan fingerprint density at radius 3 is 2.88 bits per heavy atom. The Labute approximate surface area is 105 Å². The molecule has 0 saturated heterocycles. The van der Waals surface area contributed by atoms with Gasteiger partial charge in [-0.1, -0.05) is 6.07 Å². The lowest BCUT2D eigenvalue weighted by molar-refractivity contribution is 0.411. The van der Waals surface area contributed by atoms with Gasteiger partial charge >= 0.3 is 0 Å². The summed E-state index contributed by atoms with van der Waals surface area (Å²) in [7, 11) is 1.65. The van der Waals surface area contributed by atoms with E-state index in [1.165, 1.54) is 5.56 Å². The predicted molar refractivity (Wildman–Crippen MR) is 67.3 cm³/mol. The molecule has 0 aromatic heterocycles. The van der Waals surface area contributed by atoms with Crippen molar-refractivity contribution in [1.29, 1.82) is 5.26 Å². The molecule has 0 aliphatic heterocycles. The summed E-state index contributed by atoms with van der Waals surface area (Å²) in [5.41, 5.74) is 1.17. The Morgan fingerprint density at radius 2 is 2.31 bits per heavy atom. The number of ether oxygens (including phenoxy) is 1. The highest BCUT2D eigenvalue weighted by atomic mass is 79.9. The number of rotatable bonds is 5. The molecule has 1 rings (SSSR count). The van der Waals surface area contributed by atoms with Crippen LogP contribution in [-0.2, 0) is 0 Å². The van der Waals surface area contributed by atoms with E-state index < -0.39 is 0 Å². The maximum absolute atomic E-state index is 8.45. The Kier molecular flexibility index (Phi) is 5.30. The second-order valence-electron chi connectivity index (χ2n) is 3.48. The molecule has 0 radical (unpaired) electrons. The van der Waals surface area contributed by atoms with Crippen molar-refractivity contribution >= 4 is 15.9 Å². The van der Waals surface area contributed by atoms with Crippen LogP contribution in [0.25, 0.3) is 0 Å². The molecular formula is C12H15BrN2O. The predicted octanol–water partition coefficient (Wildman–Crippen LogP) is 3.02. The fraction of sp³-hybridized carbons (Fsp3) is 0.417. The van der Waals surface area contributed by atoms with Crippen LogP contribution in [0.4, 0.5) is 0 Å². The summed E-state index contributed by atoms with van der Waals surface area (Å²) < 4.78 is 6.11. The third-order valence-electron chi connectivity index (χ3n) is 2.36. The zero-order chi connectivity index (χ0) is 12.0. The molecule has 86 valence electrons. The fourth-order valence-corrected chi connectivity index (χ4v) is 1.97. The molecule has 1 aromatic carbocycles. The summed E-state index contributed by atoms with van der Waals surface area (Å²) >= 11 is 3.45. The Morgan fingerprint density at radius 1 is 1.56 bits per heavy atom. The number of hydrogen-bond donors (Lipinski definition) is 1. The van der Waals surface area contributed by atoms with Crippen LogP contribution in [0, 0.1) is 11.3 Å². The highest BCUT2D eigenvalue weighted by Crippen LogP contribution is 2.27. The lowest BCUT2D eigenvalue weighted by Gasteiger charge is -2.14.